The Morgan fingerprint density at radius 1 is 1.00 bits per heavy atom. The summed E-state index contributed by atoms with van der Waals surface area (Å²) in [5.41, 5.74) is 3.57. The van der Waals surface area contributed by atoms with E-state index >= 15 is 0 Å². The van der Waals surface area contributed by atoms with Crippen LogP contribution in [-0.2, 0) is 11.2 Å². The van der Waals surface area contributed by atoms with Crippen molar-refractivity contribution in [3.05, 3.63) is 53.9 Å². The number of carbonyl (C=O) groups is 2. The minimum Gasteiger partial charge on any atom is -0.354 e. The number of aromatic nitrogens is 1. The molecule has 0 aliphatic carbocycles. The first-order valence-corrected chi connectivity index (χ1v) is 8.92. The minimum absolute atomic E-state index is 0.0503. The molecule has 1 aliphatic rings. The van der Waals surface area contributed by atoms with Crippen LogP contribution < -0.4 is 5.32 Å². The maximum Gasteiger partial charge on any atom is 0.255 e. The summed E-state index contributed by atoms with van der Waals surface area (Å²) in [5, 5.41) is 3.29. The summed E-state index contributed by atoms with van der Waals surface area (Å²) in [6, 6.07) is 10.0. The number of aryl methyl sites for hydroxylation is 1. The van der Waals surface area contributed by atoms with Gasteiger partial charge in [-0.05, 0) is 30.2 Å². The molecule has 0 atom stereocenters. The zero-order chi connectivity index (χ0) is 18.5. The zero-order valence-electron chi connectivity index (χ0n) is 15.2. The van der Waals surface area contributed by atoms with Crippen molar-refractivity contribution in [2.75, 3.05) is 31.5 Å². The highest BCUT2D eigenvalue weighted by atomic mass is 16.2. The number of benzene rings is 1. The van der Waals surface area contributed by atoms with Crippen LogP contribution in [0.4, 0.5) is 11.4 Å². The maximum atomic E-state index is 12.7. The van der Waals surface area contributed by atoms with Crippen molar-refractivity contribution < 1.29 is 9.59 Å². The van der Waals surface area contributed by atoms with Gasteiger partial charge in [-0.15, -0.1) is 0 Å². The van der Waals surface area contributed by atoms with Gasteiger partial charge in [0.25, 0.3) is 5.91 Å². The Kier molecular flexibility index (Phi) is 5.51. The van der Waals surface area contributed by atoms with Gasteiger partial charge in [0.2, 0.25) is 5.91 Å². The molecule has 0 unspecified atom stereocenters. The molecule has 3 rings (SSSR count). The first kappa shape index (κ1) is 17.9. The van der Waals surface area contributed by atoms with Crippen LogP contribution in [0.25, 0.3) is 0 Å². The van der Waals surface area contributed by atoms with Crippen LogP contribution in [-0.4, -0.2) is 52.8 Å². The van der Waals surface area contributed by atoms with Gasteiger partial charge in [0, 0.05) is 45.0 Å². The Bertz CT molecular complexity index is 781. The fourth-order valence-electron chi connectivity index (χ4n) is 3.02. The van der Waals surface area contributed by atoms with E-state index in [1.54, 1.807) is 29.1 Å². The third-order valence-corrected chi connectivity index (χ3v) is 4.65. The largest absolute Gasteiger partial charge is 0.354 e. The third-order valence-electron chi connectivity index (χ3n) is 4.65. The highest BCUT2D eigenvalue weighted by Gasteiger charge is 2.23. The molecule has 1 aromatic carbocycles. The average molecular weight is 352 g/mol. The van der Waals surface area contributed by atoms with E-state index in [9.17, 15) is 9.59 Å². The number of carbonyl (C=O) groups excluding carboxylic acids is 2. The van der Waals surface area contributed by atoms with Crippen LogP contribution in [0.3, 0.4) is 0 Å². The molecule has 1 aliphatic heterocycles. The van der Waals surface area contributed by atoms with Gasteiger partial charge in [0.1, 0.15) is 0 Å². The van der Waals surface area contributed by atoms with Crippen molar-refractivity contribution in [3.8, 4) is 0 Å². The number of piperazine rings is 1. The SMILES string of the molecule is CCc1ccc(Nc2cncc(C(=O)N3CCN(C(C)=O)CC3)c2)cc1. The van der Waals surface area contributed by atoms with Crippen LogP contribution in [0.15, 0.2) is 42.7 Å². The first-order chi connectivity index (χ1) is 12.6. The molecule has 0 radical (unpaired) electrons. The van der Waals surface area contributed by atoms with Crippen LogP contribution in [0.5, 0.6) is 0 Å². The molecule has 1 saturated heterocycles. The number of rotatable bonds is 4. The van der Waals surface area contributed by atoms with Gasteiger partial charge < -0.3 is 15.1 Å². The molecule has 0 spiro atoms. The van der Waals surface area contributed by atoms with Gasteiger partial charge in [-0.25, -0.2) is 0 Å². The number of pyridine rings is 1. The second-order valence-electron chi connectivity index (χ2n) is 6.44. The van der Waals surface area contributed by atoms with Gasteiger partial charge >= 0.3 is 0 Å². The lowest BCUT2D eigenvalue weighted by Gasteiger charge is -2.34. The lowest BCUT2D eigenvalue weighted by molar-refractivity contribution is -0.130. The van der Waals surface area contributed by atoms with E-state index in [4.69, 9.17) is 0 Å². The number of nitrogens with one attached hydrogen (secondary N) is 1. The van der Waals surface area contributed by atoms with Gasteiger partial charge in [-0.2, -0.15) is 0 Å². The second-order valence-corrected chi connectivity index (χ2v) is 6.44. The summed E-state index contributed by atoms with van der Waals surface area (Å²) in [4.78, 5) is 31.9. The number of amides is 2. The van der Waals surface area contributed by atoms with E-state index in [2.05, 4.69) is 29.4 Å². The fraction of sp³-hybridized carbons (Fsp3) is 0.350. The topological polar surface area (TPSA) is 65.5 Å². The van der Waals surface area contributed by atoms with Crippen molar-refractivity contribution >= 4 is 23.2 Å². The highest BCUT2D eigenvalue weighted by Crippen LogP contribution is 2.19. The van der Waals surface area contributed by atoms with E-state index in [0.29, 0.717) is 31.7 Å². The maximum absolute atomic E-state index is 12.7. The number of anilines is 2. The molecule has 2 heterocycles. The molecule has 6 nitrogen and oxygen atoms in total. The first-order valence-electron chi connectivity index (χ1n) is 8.92. The quantitative estimate of drug-likeness (QED) is 0.919. The fourth-order valence-corrected chi connectivity index (χ4v) is 3.02. The molecular formula is C20H24N4O2. The summed E-state index contributed by atoms with van der Waals surface area (Å²) in [5.74, 6) is 0.00439. The van der Waals surface area contributed by atoms with Gasteiger partial charge in [0.05, 0.1) is 17.4 Å². The summed E-state index contributed by atoms with van der Waals surface area (Å²) < 4.78 is 0. The van der Waals surface area contributed by atoms with Crippen LogP contribution in [0, 0.1) is 0 Å². The number of hydrogen-bond acceptors (Lipinski definition) is 4. The predicted octanol–water partition coefficient (Wildman–Crippen LogP) is 2.69. The van der Waals surface area contributed by atoms with E-state index in [1.807, 2.05) is 18.2 Å². The zero-order valence-corrected chi connectivity index (χ0v) is 15.2. The molecule has 1 fully saturated rings. The Labute approximate surface area is 153 Å². The smallest absolute Gasteiger partial charge is 0.255 e. The molecule has 6 heteroatoms. The molecular weight excluding hydrogens is 328 g/mol. The molecule has 2 aromatic rings. The van der Waals surface area contributed by atoms with Gasteiger partial charge in [-0.1, -0.05) is 19.1 Å². The molecule has 1 N–H and O–H groups in total. The van der Waals surface area contributed by atoms with E-state index < -0.39 is 0 Å². The average Bonchev–Trinajstić information content (AvgIpc) is 2.68. The van der Waals surface area contributed by atoms with Crippen LogP contribution in [0.1, 0.15) is 29.8 Å². The lowest BCUT2D eigenvalue weighted by Crippen LogP contribution is -2.50. The Morgan fingerprint density at radius 2 is 1.65 bits per heavy atom. The molecule has 0 saturated carbocycles. The predicted molar refractivity (Wildman–Crippen MR) is 101 cm³/mol. The van der Waals surface area contributed by atoms with Crippen LogP contribution in [0.2, 0.25) is 0 Å². The van der Waals surface area contributed by atoms with Gasteiger partial charge in [0.15, 0.2) is 0 Å². The molecule has 2 amide bonds. The normalized spacial score (nSPS) is 14.2. The summed E-state index contributed by atoms with van der Waals surface area (Å²) in [6.45, 7) is 5.94. The Balaban J connectivity index is 1.66. The van der Waals surface area contributed by atoms with E-state index in [1.165, 1.54) is 5.56 Å². The molecule has 0 bridgehead atoms. The van der Waals surface area contributed by atoms with Crippen molar-refractivity contribution in [2.45, 2.75) is 20.3 Å². The molecule has 1 aromatic heterocycles. The van der Waals surface area contributed by atoms with Crippen LogP contribution >= 0.6 is 0 Å². The standard InChI is InChI=1S/C20H24N4O2/c1-3-16-4-6-18(7-5-16)22-19-12-17(13-21-14-19)20(26)24-10-8-23(9-11-24)15(2)25/h4-7,12-14,22H,3,8-11H2,1-2H3. The highest BCUT2D eigenvalue weighted by molar-refractivity contribution is 5.95. The minimum atomic E-state index is -0.0503. The molecule has 136 valence electrons. The number of hydrogen-bond donors (Lipinski definition) is 1. The second kappa shape index (κ2) is 7.99. The van der Waals surface area contributed by atoms with Crippen molar-refractivity contribution in [2.24, 2.45) is 0 Å². The third kappa shape index (κ3) is 4.20. The Hall–Kier alpha value is -2.89. The summed E-state index contributed by atoms with van der Waals surface area (Å²) >= 11 is 0. The van der Waals surface area contributed by atoms with E-state index in [0.717, 1.165) is 17.8 Å². The Morgan fingerprint density at radius 3 is 2.27 bits per heavy atom. The summed E-state index contributed by atoms with van der Waals surface area (Å²) in [7, 11) is 0. The van der Waals surface area contributed by atoms with Crippen molar-refractivity contribution in [1.29, 1.82) is 0 Å². The lowest BCUT2D eigenvalue weighted by atomic mass is 10.1. The number of nitrogens with zero attached hydrogens (tertiary/aromatic N) is 3. The summed E-state index contributed by atoms with van der Waals surface area (Å²) in [6.07, 6.45) is 4.30. The molecule has 26 heavy (non-hydrogen) atoms. The van der Waals surface area contributed by atoms with Crippen molar-refractivity contribution in [3.63, 3.8) is 0 Å². The van der Waals surface area contributed by atoms with Gasteiger partial charge in [-0.3, -0.25) is 14.6 Å². The van der Waals surface area contributed by atoms with Crippen molar-refractivity contribution in [1.82, 2.24) is 14.8 Å². The van der Waals surface area contributed by atoms with E-state index in [-0.39, 0.29) is 11.8 Å². The monoisotopic (exact) mass is 352 g/mol.